The van der Waals surface area contributed by atoms with Crippen molar-refractivity contribution in [2.45, 2.75) is 6.61 Å². The molecule has 0 aromatic carbocycles. The molecule has 1 aromatic rings. The monoisotopic (exact) mass is 269 g/mol. The van der Waals surface area contributed by atoms with Gasteiger partial charge in [0, 0.05) is 13.3 Å². The van der Waals surface area contributed by atoms with E-state index in [1.807, 2.05) is 5.43 Å². The third-order valence-corrected chi connectivity index (χ3v) is 2.27. The van der Waals surface area contributed by atoms with Crippen LogP contribution in [0.4, 0.5) is 0 Å². The first-order valence-corrected chi connectivity index (χ1v) is 5.88. The van der Waals surface area contributed by atoms with E-state index in [0.717, 1.165) is 5.69 Å². The summed E-state index contributed by atoms with van der Waals surface area (Å²) in [4.78, 5) is 15.3. The van der Waals surface area contributed by atoms with Crippen molar-refractivity contribution in [2.75, 3.05) is 33.5 Å². The highest BCUT2D eigenvalue weighted by atomic mass is 16.5. The molecule has 0 fully saturated rings. The van der Waals surface area contributed by atoms with E-state index >= 15 is 0 Å². The Morgan fingerprint density at radius 1 is 1.26 bits per heavy atom. The number of nitrogens with zero attached hydrogens (tertiary/aromatic N) is 1. The summed E-state index contributed by atoms with van der Waals surface area (Å²) in [6.45, 7) is 2.50. The number of hydrogen-bond donors (Lipinski definition) is 2. The number of nitrogen functional groups attached to an aromatic ring is 1. The molecular weight excluding hydrogens is 250 g/mol. The number of pyridine rings is 1. The lowest BCUT2D eigenvalue weighted by molar-refractivity contribution is 0.0192. The molecule has 0 saturated heterocycles. The molecule has 1 amide bonds. The van der Waals surface area contributed by atoms with Crippen molar-refractivity contribution in [1.82, 2.24) is 10.4 Å². The molecule has 1 aromatic heterocycles. The zero-order valence-corrected chi connectivity index (χ0v) is 10.9. The van der Waals surface area contributed by atoms with Crippen molar-refractivity contribution in [3.63, 3.8) is 0 Å². The fourth-order valence-electron chi connectivity index (χ4n) is 1.27. The summed E-state index contributed by atoms with van der Waals surface area (Å²) in [7, 11) is 1.63. The van der Waals surface area contributed by atoms with Gasteiger partial charge in [0.2, 0.25) is 0 Å². The van der Waals surface area contributed by atoms with Crippen LogP contribution in [0.15, 0.2) is 18.3 Å². The van der Waals surface area contributed by atoms with Gasteiger partial charge < -0.3 is 14.2 Å². The highest BCUT2D eigenvalue weighted by Crippen LogP contribution is 2.01. The summed E-state index contributed by atoms with van der Waals surface area (Å²) < 4.78 is 15.5. The van der Waals surface area contributed by atoms with Gasteiger partial charge in [-0.25, -0.2) is 5.84 Å². The number of carbonyl (C=O) groups is 1. The van der Waals surface area contributed by atoms with E-state index in [-0.39, 0.29) is 5.91 Å². The van der Waals surface area contributed by atoms with Crippen LogP contribution in [-0.2, 0) is 20.8 Å². The number of hydrogen-bond acceptors (Lipinski definition) is 6. The molecule has 0 atom stereocenters. The highest BCUT2D eigenvalue weighted by molar-refractivity contribution is 5.93. The minimum Gasteiger partial charge on any atom is -0.382 e. The van der Waals surface area contributed by atoms with Crippen LogP contribution in [0.25, 0.3) is 0 Å². The molecule has 3 N–H and O–H groups in total. The second-order valence-corrected chi connectivity index (χ2v) is 3.67. The Labute approximate surface area is 112 Å². The Morgan fingerprint density at radius 2 is 2.00 bits per heavy atom. The van der Waals surface area contributed by atoms with E-state index < -0.39 is 0 Å². The van der Waals surface area contributed by atoms with Crippen LogP contribution in [-0.4, -0.2) is 44.4 Å². The average molecular weight is 269 g/mol. The van der Waals surface area contributed by atoms with Crippen LogP contribution in [0.1, 0.15) is 16.1 Å². The van der Waals surface area contributed by atoms with Gasteiger partial charge >= 0.3 is 0 Å². The molecule has 0 radical (unpaired) electrons. The second-order valence-electron chi connectivity index (χ2n) is 3.67. The number of amides is 1. The number of rotatable bonds is 9. The Morgan fingerprint density at radius 3 is 2.63 bits per heavy atom. The van der Waals surface area contributed by atoms with Crippen molar-refractivity contribution in [1.29, 1.82) is 0 Å². The third kappa shape index (κ3) is 6.25. The van der Waals surface area contributed by atoms with Gasteiger partial charge in [-0.1, -0.05) is 0 Å². The Balaban J connectivity index is 2.18. The Bertz CT molecular complexity index is 370. The largest absolute Gasteiger partial charge is 0.382 e. The average Bonchev–Trinajstić information content (AvgIpc) is 2.46. The van der Waals surface area contributed by atoms with Crippen molar-refractivity contribution < 1.29 is 19.0 Å². The molecule has 7 nitrogen and oxygen atoms in total. The lowest BCUT2D eigenvalue weighted by Gasteiger charge is -2.05. The number of aromatic nitrogens is 1. The zero-order chi connectivity index (χ0) is 13.9. The minimum atomic E-state index is -0.369. The lowest BCUT2D eigenvalue weighted by Crippen LogP contribution is -2.30. The van der Waals surface area contributed by atoms with E-state index in [9.17, 15) is 4.79 Å². The molecule has 7 heteroatoms. The second kappa shape index (κ2) is 9.40. The molecule has 0 unspecified atom stereocenters. The first-order chi connectivity index (χ1) is 9.27. The predicted octanol–water partition coefficient (Wildman–Crippen LogP) is -0.135. The van der Waals surface area contributed by atoms with Crippen molar-refractivity contribution in [2.24, 2.45) is 5.84 Å². The van der Waals surface area contributed by atoms with Gasteiger partial charge in [-0.05, 0) is 12.1 Å². The fraction of sp³-hybridized carbons (Fsp3) is 0.500. The summed E-state index contributed by atoms with van der Waals surface area (Å²) in [5, 5.41) is 0. The SMILES string of the molecule is COCCOCCOCc1ccc(C(=O)NN)cn1. The quantitative estimate of drug-likeness (QED) is 0.280. The Kier molecular flexibility index (Phi) is 7.68. The topological polar surface area (TPSA) is 95.7 Å². The first-order valence-electron chi connectivity index (χ1n) is 5.88. The Hall–Kier alpha value is -1.54. The summed E-state index contributed by atoms with van der Waals surface area (Å²) >= 11 is 0. The van der Waals surface area contributed by atoms with Crippen LogP contribution < -0.4 is 11.3 Å². The normalized spacial score (nSPS) is 10.4. The van der Waals surface area contributed by atoms with Gasteiger partial charge in [0.1, 0.15) is 0 Å². The minimum absolute atomic E-state index is 0.369. The number of carbonyl (C=O) groups excluding carboxylic acids is 1. The van der Waals surface area contributed by atoms with E-state index in [0.29, 0.717) is 38.6 Å². The maximum absolute atomic E-state index is 11.2. The molecule has 0 bridgehead atoms. The number of methoxy groups -OCH3 is 1. The van der Waals surface area contributed by atoms with E-state index in [4.69, 9.17) is 20.1 Å². The standard InChI is InChI=1S/C12H19N3O4/c1-17-4-5-18-6-7-19-9-11-3-2-10(8-14-11)12(16)15-13/h2-3,8H,4-7,9,13H2,1H3,(H,15,16). The molecule has 0 saturated carbocycles. The number of ether oxygens (including phenoxy) is 3. The van der Waals surface area contributed by atoms with Gasteiger partial charge in [-0.3, -0.25) is 15.2 Å². The molecular formula is C12H19N3O4. The van der Waals surface area contributed by atoms with Gasteiger partial charge in [0.25, 0.3) is 5.91 Å². The van der Waals surface area contributed by atoms with Crippen LogP contribution in [0.2, 0.25) is 0 Å². The van der Waals surface area contributed by atoms with Crippen molar-refractivity contribution in [3.05, 3.63) is 29.6 Å². The van der Waals surface area contributed by atoms with Gasteiger partial charge in [-0.15, -0.1) is 0 Å². The number of hydrazine groups is 1. The van der Waals surface area contributed by atoms with Gasteiger partial charge in [-0.2, -0.15) is 0 Å². The van der Waals surface area contributed by atoms with E-state index in [1.54, 1.807) is 19.2 Å². The van der Waals surface area contributed by atoms with E-state index in [2.05, 4.69) is 4.98 Å². The maximum Gasteiger partial charge on any atom is 0.266 e. The van der Waals surface area contributed by atoms with Crippen LogP contribution in [0, 0.1) is 0 Å². The first kappa shape index (κ1) is 15.5. The predicted molar refractivity (Wildman–Crippen MR) is 68.2 cm³/mol. The summed E-state index contributed by atoms with van der Waals surface area (Å²) in [5.41, 5.74) is 3.19. The molecule has 1 rings (SSSR count). The maximum atomic E-state index is 11.2. The smallest absolute Gasteiger partial charge is 0.266 e. The lowest BCUT2D eigenvalue weighted by atomic mass is 10.2. The molecule has 0 aliphatic heterocycles. The number of nitrogens with two attached hydrogens (primary N) is 1. The van der Waals surface area contributed by atoms with Crippen LogP contribution in [0.5, 0.6) is 0 Å². The summed E-state index contributed by atoms with van der Waals surface area (Å²) in [5.74, 6) is 4.65. The van der Waals surface area contributed by atoms with Crippen LogP contribution in [0.3, 0.4) is 0 Å². The van der Waals surface area contributed by atoms with Crippen molar-refractivity contribution in [3.8, 4) is 0 Å². The molecule has 106 valence electrons. The fourth-order valence-corrected chi connectivity index (χ4v) is 1.27. The van der Waals surface area contributed by atoms with Crippen molar-refractivity contribution >= 4 is 5.91 Å². The highest BCUT2D eigenvalue weighted by Gasteiger charge is 2.03. The molecule has 0 spiro atoms. The van der Waals surface area contributed by atoms with Gasteiger partial charge in [0.15, 0.2) is 0 Å². The van der Waals surface area contributed by atoms with E-state index in [1.165, 1.54) is 6.20 Å². The summed E-state index contributed by atoms with van der Waals surface area (Å²) in [6.07, 6.45) is 1.45. The third-order valence-electron chi connectivity index (χ3n) is 2.27. The van der Waals surface area contributed by atoms with Crippen LogP contribution >= 0.6 is 0 Å². The molecule has 0 aliphatic carbocycles. The summed E-state index contributed by atoms with van der Waals surface area (Å²) in [6, 6.07) is 3.36. The number of nitrogens with one attached hydrogen (secondary N) is 1. The molecule has 0 aliphatic rings. The molecule has 19 heavy (non-hydrogen) atoms. The van der Waals surface area contributed by atoms with Gasteiger partial charge in [0.05, 0.1) is 44.3 Å². The molecule has 1 heterocycles. The zero-order valence-electron chi connectivity index (χ0n) is 10.9.